The zero-order chi connectivity index (χ0) is 48.0. The maximum atomic E-state index is 13.3. The van der Waals surface area contributed by atoms with Gasteiger partial charge in [0.1, 0.15) is 24.3 Å². The van der Waals surface area contributed by atoms with Gasteiger partial charge in [0.2, 0.25) is 23.6 Å². The molecular formula is C48H64N8O10. The third kappa shape index (κ3) is 16.4. The van der Waals surface area contributed by atoms with Crippen molar-refractivity contribution in [3.05, 3.63) is 95.3 Å². The third-order valence-corrected chi connectivity index (χ3v) is 10.9. The van der Waals surface area contributed by atoms with Gasteiger partial charge >= 0.3 is 12.2 Å². The van der Waals surface area contributed by atoms with Gasteiger partial charge in [-0.2, -0.15) is 0 Å². The number of benzene rings is 2. The molecule has 0 saturated carbocycles. The Kier molecular flexibility index (Phi) is 17.5. The van der Waals surface area contributed by atoms with E-state index in [9.17, 15) is 38.4 Å². The van der Waals surface area contributed by atoms with Crippen LogP contribution in [0.4, 0.5) is 9.59 Å². The SMILES string of the molecule is CC(C)(C)OC(=O)NCc1cccc(CCC(=O)N2CCN(C(=O)CN3/C=C\C(=O)N(CC(=O)N4CCN(C(=O)CCc5cccc(CNC(=O)OC(C)(C)C)c5)CC4)/C=C\C3=O)CC2)c1. The van der Waals surface area contributed by atoms with Gasteiger partial charge in [-0.1, -0.05) is 48.5 Å². The molecule has 18 nitrogen and oxygen atoms in total. The summed E-state index contributed by atoms with van der Waals surface area (Å²) in [6.07, 6.45) is 5.36. The first-order chi connectivity index (χ1) is 31.2. The van der Waals surface area contributed by atoms with Crippen LogP contribution in [-0.2, 0) is 64.2 Å². The van der Waals surface area contributed by atoms with Crippen LogP contribution < -0.4 is 10.6 Å². The predicted octanol–water partition coefficient (Wildman–Crippen LogP) is 3.34. The molecule has 66 heavy (non-hydrogen) atoms. The second kappa shape index (κ2) is 22.9. The van der Waals surface area contributed by atoms with E-state index in [1.807, 2.05) is 48.5 Å². The van der Waals surface area contributed by atoms with Crippen molar-refractivity contribution < 1.29 is 47.8 Å². The molecule has 3 aliphatic heterocycles. The molecule has 0 bridgehead atoms. The number of alkyl carbamates (subject to hydrolysis) is 2. The molecule has 5 rings (SSSR count). The van der Waals surface area contributed by atoms with Crippen molar-refractivity contribution in [3.63, 3.8) is 0 Å². The number of carbonyl (C=O) groups excluding carboxylic acids is 8. The maximum Gasteiger partial charge on any atom is 0.407 e. The van der Waals surface area contributed by atoms with Gasteiger partial charge in [-0.15, -0.1) is 0 Å². The first-order valence-electron chi connectivity index (χ1n) is 22.4. The van der Waals surface area contributed by atoms with Crippen molar-refractivity contribution in [2.75, 3.05) is 65.4 Å². The van der Waals surface area contributed by atoms with Gasteiger partial charge in [0.15, 0.2) is 0 Å². The van der Waals surface area contributed by atoms with Crippen molar-refractivity contribution in [3.8, 4) is 0 Å². The Labute approximate surface area is 386 Å². The largest absolute Gasteiger partial charge is 0.444 e. The molecule has 356 valence electrons. The summed E-state index contributed by atoms with van der Waals surface area (Å²) in [5.74, 6) is -1.82. The van der Waals surface area contributed by atoms with Crippen molar-refractivity contribution in [2.24, 2.45) is 0 Å². The number of amides is 8. The molecule has 3 aliphatic rings. The lowest BCUT2D eigenvalue weighted by molar-refractivity contribution is -0.142. The average Bonchev–Trinajstić information content (AvgIpc) is 3.27. The first kappa shape index (κ1) is 50.3. The second-order valence-electron chi connectivity index (χ2n) is 18.4. The molecule has 3 heterocycles. The minimum Gasteiger partial charge on any atom is -0.444 e. The molecule has 0 unspecified atom stereocenters. The number of nitrogens with zero attached hydrogens (tertiary/aromatic N) is 6. The fraction of sp³-hybridized carbons (Fsp3) is 0.500. The average molecular weight is 913 g/mol. The van der Waals surface area contributed by atoms with Crippen LogP contribution in [0.15, 0.2) is 73.1 Å². The van der Waals surface area contributed by atoms with E-state index in [0.29, 0.717) is 78.3 Å². The molecule has 8 amide bonds. The Hall–Kier alpha value is -6.72. The highest BCUT2D eigenvalue weighted by Crippen LogP contribution is 2.15. The van der Waals surface area contributed by atoms with Gasteiger partial charge in [0, 0.05) is 103 Å². The fourth-order valence-corrected chi connectivity index (χ4v) is 7.39. The van der Waals surface area contributed by atoms with E-state index in [0.717, 1.165) is 44.2 Å². The summed E-state index contributed by atoms with van der Waals surface area (Å²) in [5.41, 5.74) is 2.49. The van der Waals surface area contributed by atoms with Crippen LogP contribution in [0.3, 0.4) is 0 Å². The summed E-state index contributed by atoms with van der Waals surface area (Å²) in [7, 11) is 0. The van der Waals surface area contributed by atoms with Gasteiger partial charge < -0.3 is 49.5 Å². The van der Waals surface area contributed by atoms with Gasteiger partial charge in [-0.05, 0) is 76.6 Å². The quantitative estimate of drug-likeness (QED) is 0.284. The lowest BCUT2D eigenvalue weighted by atomic mass is 10.1. The third-order valence-electron chi connectivity index (χ3n) is 10.9. The highest BCUT2D eigenvalue weighted by Gasteiger charge is 2.29. The maximum absolute atomic E-state index is 13.3. The molecular weight excluding hydrogens is 849 g/mol. The lowest BCUT2D eigenvalue weighted by Gasteiger charge is -2.36. The summed E-state index contributed by atoms with van der Waals surface area (Å²) in [6.45, 7) is 13.3. The molecule has 0 aliphatic carbocycles. The van der Waals surface area contributed by atoms with Gasteiger partial charge in [0.05, 0.1) is 0 Å². The molecule has 0 radical (unpaired) electrons. The Morgan fingerprint density at radius 3 is 1.15 bits per heavy atom. The van der Waals surface area contributed by atoms with Crippen molar-refractivity contribution in [1.82, 2.24) is 40.0 Å². The van der Waals surface area contributed by atoms with Crippen LogP contribution in [-0.4, -0.2) is 154 Å². The first-order valence-corrected chi connectivity index (χ1v) is 22.4. The summed E-state index contributed by atoms with van der Waals surface area (Å²) >= 11 is 0. The molecule has 0 spiro atoms. The van der Waals surface area contributed by atoms with E-state index in [-0.39, 0.29) is 49.6 Å². The Morgan fingerprint density at radius 2 is 0.818 bits per heavy atom. The summed E-state index contributed by atoms with van der Waals surface area (Å²) in [4.78, 5) is 112. The van der Waals surface area contributed by atoms with Crippen molar-refractivity contribution in [2.45, 2.75) is 91.5 Å². The molecule has 18 heteroatoms. The number of hydrogen-bond donors (Lipinski definition) is 2. The Morgan fingerprint density at radius 1 is 0.500 bits per heavy atom. The van der Waals surface area contributed by atoms with Crippen molar-refractivity contribution in [1.29, 1.82) is 0 Å². The fourth-order valence-electron chi connectivity index (χ4n) is 7.39. The molecule has 2 aromatic carbocycles. The number of hydrogen-bond acceptors (Lipinski definition) is 10. The van der Waals surface area contributed by atoms with Crippen LogP contribution in [0.2, 0.25) is 0 Å². The van der Waals surface area contributed by atoms with Crippen molar-refractivity contribution >= 4 is 47.6 Å². The van der Waals surface area contributed by atoms with E-state index < -0.39 is 35.2 Å². The molecule has 2 fully saturated rings. The second-order valence-corrected chi connectivity index (χ2v) is 18.4. The zero-order valence-corrected chi connectivity index (χ0v) is 39.0. The number of rotatable bonds is 14. The smallest absolute Gasteiger partial charge is 0.407 e. The van der Waals surface area contributed by atoms with E-state index in [1.165, 1.54) is 12.4 Å². The zero-order valence-electron chi connectivity index (χ0n) is 39.0. The van der Waals surface area contributed by atoms with Crippen LogP contribution in [0.1, 0.15) is 76.6 Å². The topological polar surface area (TPSA) is 199 Å². The van der Waals surface area contributed by atoms with Gasteiger partial charge in [-0.25, -0.2) is 9.59 Å². The van der Waals surface area contributed by atoms with Crippen LogP contribution in [0.25, 0.3) is 0 Å². The van der Waals surface area contributed by atoms with Crippen LogP contribution in [0.5, 0.6) is 0 Å². The number of nitrogens with one attached hydrogen (secondary N) is 2. The summed E-state index contributed by atoms with van der Waals surface area (Å²) in [6, 6.07) is 15.3. The molecule has 0 atom stereocenters. The standard InChI is InChI=1S/C48H64N8O10/c1-47(2,3)65-45(63)49-31-37-11-7-9-35(29-37)13-15-39(57)51-21-25-53(26-22-51)43(61)33-55-19-17-42(60)56(20-18-41(55)59)34-44(62)54-27-23-52(24-28-54)40(58)16-14-36-10-8-12-38(30-36)32-50-46(64)66-48(4,5)6/h7-12,17-20,29-30H,13-16,21-28,31-34H2,1-6H3,(H,49,63)(H,50,64)/b19-17-,20-18-. The summed E-state index contributed by atoms with van der Waals surface area (Å²) < 4.78 is 10.6. The minimum atomic E-state index is -0.597. The molecule has 2 saturated heterocycles. The van der Waals surface area contributed by atoms with E-state index >= 15 is 0 Å². The van der Waals surface area contributed by atoms with Crippen LogP contribution >= 0.6 is 0 Å². The number of piperazine rings is 2. The Bertz CT molecular complexity index is 2010. The summed E-state index contributed by atoms with van der Waals surface area (Å²) in [5, 5.41) is 5.48. The van der Waals surface area contributed by atoms with E-state index in [2.05, 4.69) is 10.6 Å². The van der Waals surface area contributed by atoms with E-state index in [1.54, 1.807) is 61.1 Å². The highest BCUT2D eigenvalue weighted by atomic mass is 16.6. The Balaban J connectivity index is 0.989. The monoisotopic (exact) mass is 912 g/mol. The minimum absolute atomic E-state index is 0.0381. The van der Waals surface area contributed by atoms with E-state index in [4.69, 9.17) is 9.47 Å². The normalized spacial score (nSPS) is 16.8. The molecule has 0 aromatic heterocycles. The number of ether oxygens (including phenoxy) is 2. The van der Waals surface area contributed by atoms with Gasteiger partial charge in [-0.3, -0.25) is 28.8 Å². The highest BCUT2D eigenvalue weighted by molar-refractivity contribution is 5.97. The van der Waals surface area contributed by atoms with Gasteiger partial charge in [0.25, 0.3) is 11.8 Å². The molecule has 2 N–H and O–H groups in total. The lowest BCUT2D eigenvalue weighted by Crippen LogP contribution is -2.53. The number of aryl methyl sites for hydroxylation is 2. The predicted molar refractivity (Wildman–Crippen MR) is 244 cm³/mol. The number of carbonyl (C=O) groups is 8. The molecule has 2 aromatic rings. The van der Waals surface area contributed by atoms with Crippen LogP contribution in [0, 0.1) is 0 Å².